The highest BCUT2D eigenvalue weighted by molar-refractivity contribution is 6.04. The topological polar surface area (TPSA) is 129 Å². The van der Waals surface area contributed by atoms with Gasteiger partial charge in [-0.15, -0.1) is 0 Å². The van der Waals surface area contributed by atoms with E-state index >= 15 is 4.39 Å². The molecule has 2 saturated heterocycles. The molecule has 1 aliphatic carbocycles. The fourth-order valence-corrected chi connectivity index (χ4v) is 7.87. The second kappa shape index (κ2) is 14.4. The van der Waals surface area contributed by atoms with Crippen molar-refractivity contribution in [3.05, 3.63) is 144 Å². The first-order valence-corrected chi connectivity index (χ1v) is 18.0. The van der Waals surface area contributed by atoms with E-state index < -0.39 is 83.5 Å². The number of alkyl halides is 1. The van der Waals surface area contributed by atoms with Crippen molar-refractivity contribution in [3.63, 3.8) is 0 Å². The molecule has 284 valence electrons. The summed E-state index contributed by atoms with van der Waals surface area (Å²) in [5.74, 6) is -3.37. The van der Waals surface area contributed by atoms with Crippen LogP contribution in [0.2, 0.25) is 0 Å². The van der Waals surface area contributed by atoms with Crippen LogP contribution >= 0.6 is 0 Å². The van der Waals surface area contributed by atoms with Gasteiger partial charge in [0.05, 0.1) is 29.3 Å². The molecule has 55 heavy (non-hydrogen) atoms. The maximum absolute atomic E-state index is 17.9. The van der Waals surface area contributed by atoms with Crippen LogP contribution in [-0.4, -0.2) is 82.5 Å². The molecule has 3 fully saturated rings. The lowest BCUT2D eigenvalue weighted by Crippen LogP contribution is -2.88. The fourth-order valence-electron chi connectivity index (χ4n) is 7.87. The third-order valence-corrected chi connectivity index (χ3v) is 11.5. The van der Waals surface area contributed by atoms with Gasteiger partial charge in [-0.05, 0) is 47.4 Å². The lowest BCUT2D eigenvalue weighted by atomic mass is 9.40. The predicted molar refractivity (Wildman–Crippen MR) is 196 cm³/mol. The Morgan fingerprint density at radius 3 is 1.64 bits per heavy atom. The predicted octanol–water partition coefficient (Wildman–Crippen LogP) is 6.63. The lowest BCUT2D eigenvalue weighted by molar-refractivity contribution is -0.279. The molecule has 0 spiro atoms. The summed E-state index contributed by atoms with van der Waals surface area (Å²) < 4.78 is 42.2. The number of urea groups is 1. The number of halogens is 1. The zero-order valence-corrected chi connectivity index (χ0v) is 30.8. The Kier molecular flexibility index (Phi) is 9.81. The van der Waals surface area contributed by atoms with E-state index in [1.807, 2.05) is 0 Å². The number of carbonyl (C=O) groups excluding carboxylic acids is 5. The second-order valence-corrected chi connectivity index (χ2v) is 15.0. The van der Waals surface area contributed by atoms with E-state index in [-0.39, 0.29) is 23.2 Å². The average molecular weight is 749 g/mol. The number of amides is 3. The molecule has 12 heteroatoms. The molecular formula is C43H41FN2O9. The number of carbonyl (C=O) groups is 5. The first-order valence-electron chi connectivity index (χ1n) is 18.0. The minimum Gasteiger partial charge on any atom is -0.459 e. The quantitative estimate of drug-likeness (QED) is 0.130. The van der Waals surface area contributed by atoms with Gasteiger partial charge in [-0.2, -0.15) is 0 Å². The molecule has 0 unspecified atom stereocenters. The summed E-state index contributed by atoms with van der Waals surface area (Å²) in [5.41, 5.74) is -3.80. The Morgan fingerprint density at radius 2 is 1.13 bits per heavy atom. The fraction of sp³-hybridized carbons (Fsp3) is 0.326. The Balaban J connectivity index is 1.33. The summed E-state index contributed by atoms with van der Waals surface area (Å²) in [6, 6.07) is 30.7. The van der Waals surface area contributed by atoms with E-state index in [0.717, 1.165) is 9.80 Å². The molecule has 2 aliphatic heterocycles. The van der Waals surface area contributed by atoms with E-state index in [1.165, 1.54) is 24.3 Å². The maximum Gasteiger partial charge on any atom is 0.338 e. The van der Waals surface area contributed by atoms with Crippen LogP contribution in [-0.2, 0) is 30.3 Å². The van der Waals surface area contributed by atoms with Crippen molar-refractivity contribution in [1.82, 2.24) is 9.80 Å². The smallest absolute Gasteiger partial charge is 0.338 e. The molecule has 3 amide bonds. The summed E-state index contributed by atoms with van der Waals surface area (Å²) in [5, 5.41) is 0. The number of benzene rings is 4. The number of ether oxygens (including phenoxy) is 4. The van der Waals surface area contributed by atoms with E-state index in [4.69, 9.17) is 18.9 Å². The molecule has 7 rings (SSSR count). The molecule has 4 aromatic carbocycles. The van der Waals surface area contributed by atoms with Gasteiger partial charge >= 0.3 is 23.9 Å². The van der Waals surface area contributed by atoms with Gasteiger partial charge in [0.15, 0.2) is 18.4 Å². The zero-order chi connectivity index (χ0) is 39.1. The van der Waals surface area contributed by atoms with Crippen LogP contribution in [0.25, 0.3) is 0 Å². The van der Waals surface area contributed by atoms with Gasteiger partial charge in [0.2, 0.25) is 5.67 Å². The number of fused-ring (bicyclic) bond motifs is 1. The minimum absolute atomic E-state index is 0.143. The summed E-state index contributed by atoms with van der Waals surface area (Å²) in [7, 11) is 0. The van der Waals surface area contributed by atoms with Crippen LogP contribution in [0.5, 0.6) is 0 Å². The maximum atomic E-state index is 17.9. The molecule has 2 heterocycles. The number of rotatable bonds is 10. The van der Waals surface area contributed by atoms with Crippen molar-refractivity contribution in [2.75, 3.05) is 6.61 Å². The largest absolute Gasteiger partial charge is 0.459 e. The van der Waals surface area contributed by atoms with Crippen molar-refractivity contribution < 1.29 is 47.3 Å². The van der Waals surface area contributed by atoms with Gasteiger partial charge in [-0.25, -0.2) is 23.6 Å². The first kappa shape index (κ1) is 37.4. The highest BCUT2D eigenvalue weighted by Gasteiger charge is 2.83. The van der Waals surface area contributed by atoms with E-state index in [0.29, 0.717) is 5.56 Å². The second-order valence-electron chi connectivity index (χ2n) is 15.0. The molecule has 0 radical (unpaired) electrons. The molecule has 1 saturated carbocycles. The molecular weight excluding hydrogens is 707 g/mol. The SMILES string of the molecule is CC1(C)[C@@H]2N([C@@H]3O[C@H](COC(=O)c4ccccc4)[C@@H](OC(=O)c4ccccc4)[C@H]3OC(=O)c3ccccc3)C(=O)N(Cc3ccccc3)C(=O)[C@]2(F)C1(C)C. The Morgan fingerprint density at radius 1 is 0.673 bits per heavy atom. The molecule has 0 aromatic heterocycles. The standard InChI is InChI=1S/C43H41FN2O9/c1-41(2)38-43(44,42(41,3)4)39(50)45(25-27-17-9-5-10-18-27)40(51)46(38)34-33(55-37(49)30-23-15-8-16-24-30)32(54-36(48)29-21-13-7-14-22-29)31(53-34)26-52-35(47)28-19-11-6-12-20-28/h5-24,31-34,38H,25-26H2,1-4H3/t31-,32-,33-,34-,38+,43+/m1/s1. The van der Waals surface area contributed by atoms with Crippen molar-refractivity contribution >= 4 is 29.8 Å². The Hall–Kier alpha value is -5.88. The van der Waals surface area contributed by atoms with Crippen LogP contribution in [0.1, 0.15) is 64.3 Å². The van der Waals surface area contributed by atoms with Gasteiger partial charge in [0, 0.05) is 5.41 Å². The summed E-state index contributed by atoms with van der Waals surface area (Å²) in [6.45, 7) is 6.01. The van der Waals surface area contributed by atoms with E-state index in [2.05, 4.69) is 0 Å². The number of imide groups is 1. The monoisotopic (exact) mass is 748 g/mol. The number of esters is 3. The van der Waals surface area contributed by atoms with Gasteiger partial charge < -0.3 is 18.9 Å². The zero-order valence-electron chi connectivity index (χ0n) is 30.8. The van der Waals surface area contributed by atoms with Crippen molar-refractivity contribution in [2.45, 2.75) is 70.5 Å². The van der Waals surface area contributed by atoms with Gasteiger partial charge in [-0.1, -0.05) is 113 Å². The van der Waals surface area contributed by atoms with E-state index in [9.17, 15) is 24.0 Å². The molecule has 0 N–H and O–H groups in total. The molecule has 11 nitrogen and oxygen atoms in total. The van der Waals surface area contributed by atoms with Gasteiger partial charge in [0.25, 0.3) is 5.91 Å². The molecule has 4 aromatic rings. The Bertz CT molecular complexity index is 2080. The van der Waals surface area contributed by atoms with Crippen molar-refractivity contribution in [3.8, 4) is 0 Å². The first-order chi connectivity index (χ1) is 26.3. The minimum atomic E-state index is -2.61. The normalized spacial score (nSPS) is 26.4. The molecule has 0 bridgehead atoms. The molecule has 6 atom stereocenters. The Labute approximate surface area is 317 Å². The lowest BCUT2D eigenvalue weighted by Gasteiger charge is -2.72. The van der Waals surface area contributed by atoms with E-state index in [1.54, 1.807) is 125 Å². The number of nitrogens with zero attached hydrogens (tertiary/aromatic N) is 2. The van der Waals surface area contributed by atoms with Crippen LogP contribution in [0, 0.1) is 10.8 Å². The van der Waals surface area contributed by atoms with Gasteiger partial charge in [-0.3, -0.25) is 14.6 Å². The average Bonchev–Trinajstić information content (AvgIpc) is 3.53. The number of hydrogen-bond acceptors (Lipinski definition) is 9. The van der Waals surface area contributed by atoms with Crippen LogP contribution in [0.15, 0.2) is 121 Å². The highest BCUT2D eigenvalue weighted by atomic mass is 19.1. The van der Waals surface area contributed by atoms with Crippen LogP contribution < -0.4 is 0 Å². The molecule has 3 aliphatic rings. The van der Waals surface area contributed by atoms with Crippen LogP contribution in [0.4, 0.5) is 9.18 Å². The summed E-state index contributed by atoms with van der Waals surface area (Å²) >= 11 is 0. The summed E-state index contributed by atoms with van der Waals surface area (Å²) in [4.78, 5) is 71.7. The number of hydrogen-bond donors (Lipinski definition) is 0. The highest BCUT2D eigenvalue weighted by Crippen LogP contribution is 2.68. The van der Waals surface area contributed by atoms with Crippen molar-refractivity contribution in [2.24, 2.45) is 10.8 Å². The third kappa shape index (κ3) is 6.33. The summed E-state index contributed by atoms with van der Waals surface area (Å²) in [6.07, 6.45) is -6.00. The van der Waals surface area contributed by atoms with Crippen molar-refractivity contribution in [1.29, 1.82) is 0 Å². The third-order valence-electron chi connectivity index (χ3n) is 11.5. The van der Waals surface area contributed by atoms with Crippen LogP contribution in [0.3, 0.4) is 0 Å². The van der Waals surface area contributed by atoms with Gasteiger partial charge in [0.1, 0.15) is 12.7 Å².